The molecule has 0 saturated carbocycles. The Morgan fingerprint density at radius 3 is 2.71 bits per heavy atom. The van der Waals surface area contributed by atoms with Gasteiger partial charge in [-0.2, -0.15) is 8.78 Å². The van der Waals surface area contributed by atoms with E-state index < -0.39 is 12.2 Å². The molecule has 1 aromatic carbocycles. The van der Waals surface area contributed by atoms with Crippen LogP contribution in [0, 0.1) is 5.41 Å². The van der Waals surface area contributed by atoms with Crippen molar-refractivity contribution < 1.29 is 23.0 Å². The number of pyridine rings is 1. The van der Waals surface area contributed by atoms with Crippen molar-refractivity contribution in [2.24, 2.45) is 0 Å². The van der Waals surface area contributed by atoms with Crippen molar-refractivity contribution in [2.75, 3.05) is 11.9 Å². The number of ether oxygens (including phenoxy) is 2. The van der Waals surface area contributed by atoms with E-state index in [2.05, 4.69) is 20.4 Å². The average molecular weight is 508 g/mol. The molecule has 0 unspecified atom stereocenters. The lowest BCUT2D eigenvalue weighted by molar-refractivity contribution is -0.137. The number of benzene rings is 1. The lowest BCUT2D eigenvalue weighted by Gasteiger charge is -2.47. The van der Waals surface area contributed by atoms with Crippen LogP contribution in [0.15, 0.2) is 36.5 Å². The Bertz CT molecular complexity index is 1090. The summed E-state index contributed by atoms with van der Waals surface area (Å²) in [6, 6.07) is 8.11. The van der Waals surface area contributed by atoms with Gasteiger partial charge in [0.05, 0.1) is 40.2 Å². The maximum atomic E-state index is 13.3. The second kappa shape index (κ2) is 9.58. The molecule has 11 heteroatoms. The van der Waals surface area contributed by atoms with Crippen LogP contribution in [0.3, 0.4) is 0 Å². The third-order valence-electron chi connectivity index (χ3n) is 6.26. The Morgan fingerprint density at radius 1 is 1.31 bits per heavy atom. The Labute approximate surface area is 207 Å². The SMILES string of the molecule is CC1(C)C[C@@H](N2C(=N)N[C@](C)(c3cccc(Nc4ccc(OC(F)F)nc4)c3Cl)CC2=O)CCO1. The molecule has 2 fully saturated rings. The summed E-state index contributed by atoms with van der Waals surface area (Å²) in [5, 5.41) is 15.3. The van der Waals surface area contributed by atoms with Gasteiger partial charge in [-0.25, -0.2) is 4.98 Å². The van der Waals surface area contributed by atoms with E-state index in [-0.39, 0.29) is 35.8 Å². The molecule has 0 aliphatic carbocycles. The van der Waals surface area contributed by atoms with Crippen LogP contribution in [-0.2, 0) is 15.1 Å². The van der Waals surface area contributed by atoms with Gasteiger partial charge in [-0.15, -0.1) is 0 Å². The number of rotatable bonds is 6. The normalized spacial score (nSPS) is 24.3. The molecule has 0 spiro atoms. The van der Waals surface area contributed by atoms with Crippen molar-refractivity contribution in [3.05, 3.63) is 47.1 Å². The summed E-state index contributed by atoms with van der Waals surface area (Å²) in [5.74, 6) is -0.300. The van der Waals surface area contributed by atoms with Gasteiger partial charge in [-0.1, -0.05) is 23.7 Å². The number of nitrogens with zero attached hydrogens (tertiary/aromatic N) is 2. The molecule has 3 heterocycles. The number of carbonyl (C=O) groups is 1. The molecular weight excluding hydrogens is 480 g/mol. The summed E-state index contributed by atoms with van der Waals surface area (Å²) in [5.41, 5.74) is 0.466. The van der Waals surface area contributed by atoms with Gasteiger partial charge in [0.25, 0.3) is 0 Å². The lowest BCUT2D eigenvalue weighted by atomic mass is 9.84. The zero-order valence-electron chi connectivity index (χ0n) is 19.7. The molecule has 8 nitrogen and oxygen atoms in total. The van der Waals surface area contributed by atoms with E-state index in [1.807, 2.05) is 26.8 Å². The van der Waals surface area contributed by atoms with E-state index in [1.54, 1.807) is 18.2 Å². The van der Waals surface area contributed by atoms with Gasteiger partial charge in [0.15, 0.2) is 5.96 Å². The first-order valence-corrected chi connectivity index (χ1v) is 11.6. The number of carbonyl (C=O) groups excluding carboxylic acids is 1. The van der Waals surface area contributed by atoms with Gasteiger partial charge >= 0.3 is 6.61 Å². The maximum Gasteiger partial charge on any atom is 0.388 e. The van der Waals surface area contributed by atoms with Crippen LogP contribution in [0.25, 0.3) is 0 Å². The fraction of sp³-hybridized carbons (Fsp3) is 0.458. The van der Waals surface area contributed by atoms with Gasteiger partial charge in [-0.3, -0.25) is 15.1 Å². The summed E-state index contributed by atoms with van der Waals surface area (Å²) in [6.07, 6.45) is 2.80. The highest BCUT2D eigenvalue weighted by molar-refractivity contribution is 6.34. The third-order valence-corrected chi connectivity index (χ3v) is 6.67. The van der Waals surface area contributed by atoms with Crippen LogP contribution in [0.4, 0.5) is 20.2 Å². The van der Waals surface area contributed by atoms with E-state index >= 15 is 0 Å². The van der Waals surface area contributed by atoms with E-state index in [0.717, 1.165) is 0 Å². The maximum absolute atomic E-state index is 13.3. The number of amides is 1. The van der Waals surface area contributed by atoms with Crippen LogP contribution in [-0.4, -0.2) is 46.6 Å². The largest absolute Gasteiger partial charge is 0.417 e. The average Bonchev–Trinajstić information content (AvgIpc) is 2.75. The Hall–Kier alpha value is -2.98. The van der Waals surface area contributed by atoms with Crippen molar-refractivity contribution in [1.82, 2.24) is 15.2 Å². The Kier molecular flexibility index (Phi) is 6.88. The van der Waals surface area contributed by atoms with Gasteiger partial charge in [0.1, 0.15) is 0 Å². The van der Waals surface area contributed by atoms with Gasteiger partial charge in [0.2, 0.25) is 11.8 Å². The summed E-state index contributed by atoms with van der Waals surface area (Å²) >= 11 is 6.74. The summed E-state index contributed by atoms with van der Waals surface area (Å²) < 4.78 is 34.7. The van der Waals surface area contributed by atoms with Gasteiger partial charge in [0, 0.05) is 18.7 Å². The fourth-order valence-electron chi connectivity index (χ4n) is 4.67. The lowest BCUT2D eigenvalue weighted by Crippen LogP contribution is -2.63. The molecule has 2 aliphatic heterocycles. The Morgan fingerprint density at radius 2 is 2.09 bits per heavy atom. The first kappa shape index (κ1) is 25.1. The number of hydrogen-bond donors (Lipinski definition) is 3. The topological polar surface area (TPSA) is 99.6 Å². The van der Waals surface area contributed by atoms with Crippen molar-refractivity contribution in [2.45, 2.75) is 63.8 Å². The number of alkyl halides is 2. The quantitative estimate of drug-likeness (QED) is 0.508. The predicted octanol–water partition coefficient (Wildman–Crippen LogP) is 5.01. The van der Waals surface area contributed by atoms with Crippen molar-refractivity contribution in [1.29, 1.82) is 5.41 Å². The summed E-state index contributed by atoms with van der Waals surface area (Å²) in [6.45, 7) is 3.40. The Balaban J connectivity index is 1.53. The van der Waals surface area contributed by atoms with Crippen LogP contribution in [0.5, 0.6) is 5.88 Å². The molecule has 2 aliphatic rings. The first-order chi connectivity index (χ1) is 16.5. The van der Waals surface area contributed by atoms with Crippen LogP contribution < -0.4 is 15.4 Å². The fourth-order valence-corrected chi connectivity index (χ4v) is 5.05. The van der Waals surface area contributed by atoms with Crippen LogP contribution in [0.1, 0.15) is 45.6 Å². The zero-order chi connectivity index (χ0) is 25.4. The number of nitrogens with one attached hydrogen (secondary N) is 3. The van der Waals surface area contributed by atoms with E-state index in [1.165, 1.54) is 17.2 Å². The summed E-state index contributed by atoms with van der Waals surface area (Å²) in [4.78, 5) is 18.7. The summed E-state index contributed by atoms with van der Waals surface area (Å²) in [7, 11) is 0. The highest BCUT2D eigenvalue weighted by atomic mass is 35.5. The minimum Gasteiger partial charge on any atom is -0.417 e. The smallest absolute Gasteiger partial charge is 0.388 e. The van der Waals surface area contributed by atoms with E-state index in [4.69, 9.17) is 21.7 Å². The minimum absolute atomic E-state index is 0.0414. The molecule has 188 valence electrons. The standard InChI is InChI=1S/C24H28ClF2N5O3/c1-23(2)11-15(9-10-34-23)32-19(33)12-24(3,31-22(32)28)16-5-4-6-17(20(16)25)30-14-7-8-18(29-13-14)35-21(26)27/h4-8,13,15,21,30H,9-12H2,1-3H3,(H2,28,31)/t15-,24-/m0/s1. The molecule has 0 bridgehead atoms. The predicted molar refractivity (Wildman–Crippen MR) is 128 cm³/mol. The molecule has 2 saturated heterocycles. The van der Waals surface area contributed by atoms with Crippen molar-refractivity contribution in [3.63, 3.8) is 0 Å². The number of hydrogen-bond acceptors (Lipinski definition) is 6. The van der Waals surface area contributed by atoms with Crippen molar-refractivity contribution in [3.8, 4) is 5.88 Å². The zero-order valence-corrected chi connectivity index (χ0v) is 20.5. The first-order valence-electron chi connectivity index (χ1n) is 11.3. The molecule has 3 N–H and O–H groups in total. The van der Waals surface area contributed by atoms with Crippen molar-refractivity contribution >= 4 is 34.8 Å². The number of guanidine groups is 1. The molecule has 1 aromatic heterocycles. The second-order valence-corrected chi connectivity index (χ2v) is 9.93. The molecule has 0 radical (unpaired) electrons. The second-order valence-electron chi connectivity index (χ2n) is 9.56. The molecular formula is C24H28ClF2N5O3. The van der Waals surface area contributed by atoms with Gasteiger partial charge < -0.3 is 20.1 Å². The molecule has 2 aromatic rings. The van der Waals surface area contributed by atoms with Crippen LogP contribution in [0.2, 0.25) is 5.02 Å². The van der Waals surface area contributed by atoms with E-state index in [0.29, 0.717) is 41.4 Å². The molecule has 2 atom stereocenters. The highest BCUT2D eigenvalue weighted by Crippen LogP contribution is 2.39. The van der Waals surface area contributed by atoms with E-state index in [9.17, 15) is 13.6 Å². The highest BCUT2D eigenvalue weighted by Gasteiger charge is 2.45. The number of anilines is 2. The van der Waals surface area contributed by atoms with Gasteiger partial charge in [-0.05, 0) is 51.3 Å². The molecule has 1 amide bonds. The number of halogens is 3. The minimum atomic E-state index is -2.95. The third kappa shape index (κ3) is 5.48. The number of aromatic nitrogens is 1. The van der Waals surface area contributed by atoms with Crippen LogP contribution >= 0.6 is 11.6 Å². The molecule has 4 rings (SSSR count). The monoisotopic (exact) mass is 507 g/mol. The molecule has 35 heavy (non-hydrogen) atoms.